The smallest absolute Gasteiger partial charge is 0.405 e. The van der Waals surface area contributed by atoms with E-state index in [-0.39, 0.29) is 36.1 Å². The maximum absolute atomic E-state index is 12.6. The van der Waals surface area contributed by atoms with Gasteiger partial charge in [0.15, 0.2) is 5.16 Å². The molecule has 2 heterocycles. The lowest BCUT2D eigenvalue weighted by Gasteiger charge is -2.15. The number of carbonyl (C=O) groups excluding carboxylic acids is 2. The summed E-state index contributed by atoms with van der Waals surface area (Å²) in [6.45, 7) is 1.04. The Balaban J connectivity index is 1.59. The number of halogens is 3. The predicted octanol–water partition coefficient (Wildman–Crippen LogP) is 2.18. The fraction of sp³-hybridized carbons (Fsp3) is 0.500. The second-order valence-electron chi connectivity index (χ2n) is 7.33. The van der Waals surface area contributed by atoms with Crippen LogP contribution in [0.1, 0.15) is 30.7 Å². The highest BCUT2D eigenvalue weighted by Gasteiger charge is 2.32. The molecule has 1 unspecified atom stereocenters. The van der Waals surface area contributed by atoms with Crippen LogP contribution in [-0.4, -0.2) is 51.4 Å². The van der Waals surface area contributed by atoms with Gasteiger partial charge in [0, 0.05) is 31.6 Å². The topological polar surface area (TPSA) is 121 Å². The molecule has 1 saturated heterocycles. The van der Waals surface area contributed by atoms with Gasteiger partial charge in [-0.2, -0.15) is 0 Å². The molecule has 1 atom stereocenters. The van der Waals surface area contributed by atoms with E-state index in [2.05, 4.69) is 20.3 Å². The quantitative estimate of drug-likeness (QED) is 0.466. The maximum atomic E-state index is 12.6. The Hall–Kier alpha value is -2.80. The van der Waals surface area contributed by atoms with Gasteiger partial charge >= 0.3 is 6.36 Å². The highest BCUT2D eigenvalue weighted by Crippen LogP contribution is 2.26. The number of aromatic nitrogens is 3. The van der Waals surface area contributed by atoms with Crippen molar-refractivity contribution in [1.29, 1.82) is 0 Å². The Morgan fingerprint density at radius 1 is 1.30 bits per heavy atom. The monoisotopic (exact) mass is 487 g/mol. The highest BCUT2D eigenvalue weighted by molar-refractivity contribution is 7.99. The van der Waals surface area contributed by atoms with Crippen LogP contribution in [0.2, 0.25) is 0 Å². The zero-order chi connectivity index (χ0) is 23.8. The Morgan fingerprint density at radius 2 is 2.09 bits per heavy atom. The molecular formula is C20H24F3N5O4S. The molecule has 0 radical (unpaired) electrons. The number of alkyl halides is 3. The summed E-state index contributed by atoms with van der Waals surface area (Å²) >= 11 is 1.14. The molecule has 0 saturated carbocycles. The number of primary amides is 1. The van der Waals surface area contributed by atoms with Crippen molar-refractivity contribution in [2.24, 2.45) is 5.73 Å². The molecule has 1 aliphatic rings. The van der Waals surface area contributed by atoms with Crippen molar-refractivity contribution in [2.75, 3.05) is 12.4 Å². The number of thioether (sulfide) groups is 1. The number of amides is 2. The zero-order valence-electron chi connectivity index (χ0n) is 17.6. The number of ether oxygens (including phenoxy) is 2. The molecule has 1 fully saturated rings. The zero-order valence-corrected chi connectivity index (χ0v) is 18.5. The molecule has 3 rings (SSSR count). The molecular weight excluding hydrogens is 463 g/mol. The minimum absolute atomic E-state index is 0.00774. The molecule has 180 valence electrons. The molecule has 33 heavy (non-hydrogen) atoms. The first-order valence-electron chi connectivity index (χ1n) is 10.3. The first kappa shape index (κ1) is 24.8. The van der Waals surface area contributed by atoms with E-state index in [1.54, 1.807) is 6.07 Å². The Kier molecular flexibility index (Phi) is 8.55. The number of benzene rings is 1. The molecule has 1 aromatic heterocycles. The van der Waals surface area contributed by atoms with Gasteiger partial charge in [-0.05, 0) is 18.9 Å². The number of aryl methyl sites for hydroxylation is 1. The summed E-state index contributed by atoms with van der Waals surface area (Å²) in [4.78, 5) is 23.5. The molecule has 9 nitrogen and oxygen atoms in total. The molecule has 0 spiro atoms. The molecule has 1 aliphatic heterocycles. The van der Waals surface area contributed by atoms with Crippen molar-refractivity contribution in [3.05, 3.63) is 35.7 Å². The third-order valence-corrected chi connectivity index (χ3v) is 5.77. The van der Waals surface area contributed by atoms with E-state index in [1.807, 2.05) is 4.57 Å². The van der Waals surface area contributed by atoms with Gasteiger partial charge in [0.1, 0.15) is 11.6 Å². The fourth-order valence-electron chi connectivity index (χ4n) is 3.27. The molecule has 13 heteroatoms. The SMILES string of the molecule is NC(=O)CCc1nnc(SCC(=O)NCc2ccccc2OC(F)(F)F)n1CC1CCCO1. The summed E-state index contributed by atoms with van der Waals surface area (Å²) in [5.41, 5.74) is 5.43. The van der Waals surface area contributed by atoms with Crippen LogP contribution in [-0.2, 0) is 33.8 Å². The number of carbonyl (C=O) groups is 2. The Labute approximate surface area is 192 Å². The van der Waals surface area contributed by atoms with Gasteiger partial charge < -0.3 is 25.1 Å². The summed E-state index contributed by atoms with van der Waals surface area (Å²) in [5, 5.41) is 11.3. The maximum Gasteiger partial charge on any atom is 0.573 e. The third-order valence-electron chi connectivity index (χ3n) is 4.81. The van der Waals surface area contributed by atoms with Crippen LogP contribution >= 0.6 is 11.8 Å². The van der Waals surface area contributed by atoms with Crippen LogP contribution in [0.4, 0.5) is 13.2 Å². The standard InChI is InChI=1S/C20H24F3N5O4S/c21-20(22,23)32-15-6-2-1-4-13(15)10-25-18(30)12-33-19-27-26-17(8-7-16(24)29)28(19)11-14-5-3-9-31-14/h1-2,4,6,14H,3,5,7-12H2,(H2,24,29)(H,25,30). The molecule has 0 aliphatic carbocycles. The van der Waals surface area contributed by atoms with E-state index in [9.17, 15) is 22.8 Å². The number of nitrogens with zero attached hydrogens (tertiary/aromatic N) is 3. The van der Waals surface area contributed by atoms with Crippen molar-refractivity contribution in [3.63, 3.8) is 0 Å². The van der Waals surface area contributed by atoms with Crippen LogP contribution < -0.4 is 15.8 Å². The predicted molar refractivity (Wildman–Crippen MR) is 112 cm³/mol. The lowest BCUT2D eigenvalue weighted by atomic mass is 10.2. The lowest BCUT2D eigenvalue weighted by Crippen LogP contribution is -2.26. The van der Waals surface area contributed by atoms with Crippen molar-refractivity contribution in [3.8, 4) is 5.75 Å². The average molecular weight is 488 g/mol. The van der Waals surface area contributed by atoms with Crippen molar-refractivity contribution in [2.45, 2.75) is 56.4 Å². The van der Waals surface area contributed by atoms with Crippen LogP contribution in [0.5, 0.6) is 5.75 Å². The summed E-state index contributed by atoms with van der Waals surface area (Å²) < 4.78 is 49.1. The van der Waals surface area contributed by atoms with E-state index in [1.165, 1.54) is 18.2 Å². The second-order valence-corrected chi connectivity index (χ2v) is 8.27. The molecule has 2 amide bonds. The van der Waals surface area contributed by atoms with Crippen LogP contribution in [0.25, 0.3) is 0 Å². The van der Waals surface area contributed by atoms with Gasteiger partial charge in [0.25, 0.3) is 0 Å². The first-order chi connectivity index (χ1) is 15.7. The summed E-state index contributed by atoms with van der Waals surface area (Å²) in [6.07, 6.45) is -2.56. The average Bonchev–Trinajstić information content (AvgIpc) is 3.39. The van der Waals surface area contributed by atoms with Gasteiger partial charge in [-0.1, -0.05) is 30.0 Å². The summed E-state index contributed by atoms with van der Waals surface area (Å²) in [6, 6.07) is 5.60. The van der Waals surface area contributed by atoms with E-state index in [0.29, 0.717) is 30.6 Å². The van der Waals surface area contributed by atoms with Gasteiger partial charge in [0.2, 0.25) is 11.8 Å². The van der Waals surface area contributed by atoms with E-state index in [4.69, 9.17) is 10.5 Å². The fourth-order valence-corrected chi connectivity index (χ4v) is 4.07. The highest BCUT2D eigenvalue weighted by atomic mass is 32.2. The van der Waals surface area contributed by atoms with Crippen molar-refractivity contribution in [1.82, 2.24) is 20.1 Å². The number of rotatable bonds is 11. The Morgan fingerprint density at radius 3 is 2.79 bits per heavy atom. The molecule has 3 N–H and O–H groups in total. The number of nitrogens with two attached hydrogens (primary N) is 1. The van der Waals surface area contributed by atoms with Crippen LogP contribution in [0, 0.1) is 0 Å². The first-order valence-corrected chi connectivity index (χ1v) is 11.2. The normalized spacial score (nSPS) is 16.0. The van der Waals surface area contributed by atoms with Gasteiger partial charge in [-0.3, -0.25) is 9.59 Å². The Bertz CT molecular complexity index is 963. The number of para-hydroxylation sites is 1. The summed E-state index contributed by atoms with van der Waals surface area (Å²) in [7, 11) is 0. The second kappa shape index (κ2) is 11.4. The lowest BCUT2D eigenvalue weighted by molar-refractivity contribution is -0.274. The largest absolute Gasteiger partial charge is 0.573 e. The minimum Gasteiger partial charge on any atom is -0.405 e. The van der Waals surface area contributed by atoms with Crippen LogP contribution in [0.15, 0.2) is 29.4 Å². The van der Waals surface area contributed by atoms with E-state index < -0.39 is 18.2 Å². The van der Waals surface area contributed by atoms with E-state index in [0.717, 1.165) is 24.6 Å². The van der Waals surface area contributed by atoms with Gasteiger partial charge in [-0.15, -0.1) is 23.4 Å². The summed E-state index contributed by atoms with van der Waals surface area (Å²) in [5.74, 6) is -0.669. The van der Waals surface area contributed by atoms with Crippen molar-refractivity contribution < 1.29 is 32.2 Å². The number of hydrogen-bond donors (Lipinski definition) is 2. The molecule has 2 aromatic rings. The van der Waals surface area contributed by atoms with Crippen LogP contribution in [0.3, 0.4) is 0 Å². The van der Waals surface area contributed by atoms with Gasteiger partial charge in [-0.25, -0.2) is 0 Å². The van der Waals surface area contributed by atoms with Gasteiger partial charge in [0.05, 0.1) is 18.4 Å². The molecule has 0 bridgehead atoms. The third kappa shape index (κ3) is 7.93. The van der Waals surface area contributed by atoms with E-state index >= 15 is 0 Å². The number of nitrogens with one attached hydrogen (secondary N) is 1. The van der Waals surface area contributed by atoms with Crippen molar-refractivity contribution >= 4 is 23.6 Å². The number of hydrogen-bond acceptors (Lipinski definition) is 7. The minimum atomic E-state index is -4.82. The molecule has 1 aromatic carbocycles.